The molecule has 0 saturated heterocycles. The van der Waals surface area contributed by atoms with E-state index in [1.165, 1.54) is 5.56 Å². The van der Waals surface area contributed by atoms with E-state index in [-0.39, 0.29) is 0 Å². The summed E-state index contributed by atoms with van der Waals surface area (Å²) in [6.45, 7) is 4.38. The van der Waals surface area contributed by atoms with Crippen molar-refractivity contribution in [2.75, 3.05) is 0 Å². The summed E-state index contributed by atoms with van der Waals surface area (Å²) in [4.78, 5) is 0. The van der Waals surface area contributed by atoms with E-state index >= 15 is 0 Å². The summed E-state index contributed by atoms with van der Waals surface area (Å²) in [6.07, 6.45) is 0. The molecule has 0 aromatic heterocycles. The summed E-state index contributed by atoms with van der Waals surface area (Å²) in [7, 11) is 0. The van der Waals surface area contributed by atoms with Gasteiger partial charge in [-0.05, 0) is 41.8 Å². The first kappa shape index (κ1) is 14.6. The molecule has 0 bridgehead atoms. The van der Waals surface area contributed by atoms with E-state index in [9.17, 15) is 0 Å². The maximum absolute atomic E-state index is 5.94. The molecule has 0 atom stereocenters. The lowest BCUT2D eigenvalue weighted by Gasteiger charge is -2.11. The van der Waals surface area contributed by atoms with Gasteiger partial charge >= 0.3 is 0 Å². The Bertz CT molecular complexity index is 547. The molecule has 3 heteroatoms. The van der Waals surface area contributed by atoms with Crippen LogP contribution in [0.25, 0.3) is 0 Å². The Morgan fingerprint density at radius 3 is 2.32 bits per heavy atom. The van der Waals surface area contributed by atoms with Crippen molar-refractivity contribution < 1.29 is 4.74 Å². The van der Waals surface area contributed by atoms with E-state index in [1.807, 2.05) is 24.3 Å². The lowest BCUT2D eigenvalue weighted by molar-refractivity contribution is 0.478. The van der Waals surface area contributed by atoms with Crippen LogP contribution in [-0.2, 0) is 5.33 Å². The van der Waals surface area contributed by atoms with Gasteiger partial charge < -0.3 is 4.74 Å². The Kier molecular flexibility index (Phi) is 5.06. The number of ether oxygens (including phenoxy) is 1. The first-order chi connectivity index (χ1) is 9.10. The predicted molar refractivity (Wildman–Crippen MR) is 87.4 cm³/mol. The highest BCUT2D eigenvalue weighted by Gasteiger charge is 2.05. The molecular weight excluding hydrogens is 368 g/mol. The van der Waals surface area contributed by atoms with Crippen molar-refractivity contribution in [3.8, 4) is 11.5 Å². The summed E-state index contributed by atoms with van der Waals surface area (Å²) < 4.78 is 7.00. The summed E-state index contributed by atoms with van der Waals surface area (Å²) >= 11 is 6.96. The maximum atomic E-state index is 5.94. The Balaban J connectivity index is 2.21. The van der Waals surface area contributed by atoms with Gasteiger partial charge in [0.25, 0.3) is 0 Å². The van der Waals surface area contributed by atoms with Crippen LogP contribution in [0.3, 0.4) is 0 Å². The van der Waals surface area contributed by atoms with Crippen LogP contribution < -0.4 is 4.74 Å². The van der Waals surface area contributed by atoms with E-state index in [0.717, 1.165) is 26.9 Å². The molecule has 0 amide bonds. The van der Waals surface area contributed by atoms with E-state index < -0.39 is 0 Å². The zero-order valence-electron chi connectivity index (χ0n) is 11.0. The molecule has 0 N–H and O–H groups in total. The van der Waals surface area contributed by atoms with Crippen molar-refractivity contribution in [1.29, 1.82) is 0 Å². The van der Waals surface area contributed by atoms with Gasteiger partial charge in [-0.3, -0.25) is 0 Å². The topological polar surface area (TPSA) is 9.23 Å². The molecule has 2 aromatic rings. The fraction of sp³-hybridized carbons (Fsp3) is 0.250. The summed E-state index contributed by atoms with van der Waals surface area (Å²) in [5, 5.41) is 0.770. The third-order valence-corrected chi connectivity index (χ3v) is 4.04. The number of rotatable bonds is 4. The van der Waals surface area contributed by atoms with E-state index in [0.29, 0.717) is 5.92 Å². The van der Waals surface area contributed by atoms with Crippen molar-refractivity contribution in [3.63, 3.8) is 0 Å². The molecule has 0 fully saturated rings. The fourth-order valence-corrected chi connectivity index (χ4v) is 2.65. The van der Waals surface area contributed by atoms with E-state index in [2.05, 4.69) is 63.9 Å². The third-order valence-electron chi connectivity index (χ3n) is 2.94. The van der Waals surface area contributed by atoms with Crippen molar-refractivity contribution >= 4 is 31.9 Å². The second-order valence-electron chi connectivity index (χ2n) is 4.71. The monoisotopic (exact) mass is 382 g/mol. The predicted octanol–water partition coefficient (Wildman–Crippen LogP) is 6.26. The molecule has 1 nitrogen and oxygen atoms in total. The highest BCUT2D eigenvalue weighted by atomic mass is 79.9. The molecule has 0 aliphatic heterocycles. The van der Waals surface area contributed by atoms with Crippen molar-refractivity contribution in [2.24, 2.45) is 0 Å². The van der Waals surface area contributed by atoms with Crippen LogP contribution in [0.4, 0.5) is 0 Å². The molecule has 0 spiro atoms. The molecule has 2 rings (SSSR count). The van der Waals surface area contributed by atoms with E-state index in [4.69, 9.17) is 4.74 Å². The second kappa shape index (κ2) is 6.58. The van der Waals surface area contributed by atoms with Crippen molar-refractivity contribution in [2.45, 2.75) is 25.1 Å². The molecule has 0 aliphatic carbocycles. The third kappa shape index (κ3) is 3.83. The Morgan fingerprint density at radius 2 is 1.74 bits per heavy atom. The van der Waals surface area contributed by atoms with E-state index in [1.54, 1.807) is 0 Å². The summed E-state index contributed by atoms with van der Waals surface area (Å²) in [5.74, 6) is 2.30. The zero-order valence-corrected chi connectivity index (χ0v) is 14.2. The number of hydrogen-bond acceptors (Lipinski definition) is 1. The highest BCUT2D eigenvalue weighted by molar-refractivity contribution is 9.10. The lowest BCUT2D eigenvalue weighted by atomic mass is 10.0. The van der Waals surface area contributed by atoms with Crippen LogP contribution in [0, 0.1) is 0 Å². The number of hydrogen-bond donors (Lipinski definition) is 0. The molecule has 2 aromatic carbocycles. The second-order valence-corrected chi connectivity index (χ2v) is 6.19. The first-order valence-electron chi connectivity index (χ1n) is 6.22. The van der Waals surface area contributed by atoms with Gasteiger partial charge in [0.15, 0.2) is 0 Å². The Labute approximate surface area is 131 Å². The number of halogens is 2. The Morgan fingerprint density at radius 1 is 1.05 bits per heavy atom. The minimum Gasteiger partial charge on any atom is -0.457 e. The normalized spacial score (nSPS) is 10.8. The standard InChI is InChI=1S/C16H16Br2O/c1-11(2)12-3-6-15(7-4-12)19-16-8-5-14(18)9-13(16)10-17/h3-9,11H,10H2,1-2H3. The summed E-state index contributed by atoms with van der Waals surface area (Å²) in [6, 6.07) is 14.3. The average molecular weight is 384 g/mol. The van der Waals surface area contributed by atoms with Gasteiger partial charge in [0, 0.05) is 15.4 Å². The number of benzene rings is 2. The zero-order chi connectivity index (χ0) is 13.8. The van der Waals surface area contributed by atoms with Crippen LogP contribution in [0.15, 0.2) is 46.9 Å². The molecule has 0 radical (unpaired) electrons. The molecule has 0 aliphatic rings. The minimum atomic E-state index is 0.542. The Hall–Kier alpha value is -0.800. The minimum absolute atomic E-state index is 0.542. The van der Waals surface area contributed by atoms with Crippen LogP contribution in [-0.4, -0.2) is 0 Å². The van der Waals surface area contributed by atoms with Gasteiger partial charge in [0.05, 0.1) is 0 Å². The smallest absolute Gasteiger partial charge is 0.131 e. The maximum Gasteiger partial charge on any atom is 0.131 e. The van der Waals surface area contributed by atoms with Gasteiger partial charge in [-0.1, -0.05) is 57.8 Å². The van der Waals surface area contributed by atoms with Crippen LogP contribution in [0.2, 0.25) is 0 Å². The SMILES string of the molecule is CC(C)c1ccc(Oc2ccc(Br)cc2CBr)cc1. The highest BCUT2D eigenvalue weighted by Crippen LogP contribution is 2.30. The number of alkyl halides is 1. The molecule has 0 heterocycles. The van der Waals surface area contributed by atoms with Gasteiger partial charge in [-0.2, -0.15) is 0 Å². The first-order valence-corrected chi connectivity index (χ1v) is 8.14. The van der Waals surface area contributed by atoms with Gasteiger partial charge in [0.1, 0.15) is 11.5 Å². The quantitative estimate of drug-likeness (QED) is 0.566. The molecule has 100 valence electrons. The lowest BCUT2D eigenvalue weighted by Crippen LogP contribution is -1.91. The molecule has 0 unspecified atom stereocenters. The van der Waals surface area contributed by atoms with Gasteiger partial charge in [0.2, 0.25) is 0 Å². The average Bonchev–Trinajstić information content (AvgIpc) is 2.41. The van der Waals surface area contributed by atoms with Crippen molar-refractivity contribution in [1.82, 2.24) is 0 Å². The van der Waals surface area contributed by atoms with Gasteiger partial charge in [-0.25, -0.2) is 0 Å². The van der Waals surface area contributed by atoms with Crippen LogP contribution in [0.1, 0.15) is 30.9 Å². The molecule has 0 saturated carbocycles. The molecule has 19 heavy (non-hydrogen) atoms. The van der Waals surface area contributed by atoms with Crippen molar-refractivity contribution in [3.05, 3.63) is 58.1 Å². The van der Waals surface area contributed by atoms with Crippen LogP contribution >= 0.6 is 31.9 Å². The summed E-state index contributed by atoms with van der Waals surface area (Å²) in [5.41, 5.74) is 2.45. The molecular formula is C16H16Br2O. The fourth-order valence-electron chi connectivity index (χ4n) is 1.80. The van der Waals surface area contributed by atoms with Gasteiger partial charge in [-0.15, -0.1) is 0 Å². The largest absolute Gasteiger partial charge is 0.457 e. The van der Waals surface area contributed by atoms with Crippen LogP contribution in [0.5, 0.6) is 11.5 Å².